The van der Waals surface area contributed by atoms with Crippen molar-refractivity contribution < 1.29 is 28.3 Å². The Morgan fingerprint density at radius 1 is 1.06 bits per heavy atom. The van der Waals surface area contributed by atoms with E-state index in [0.717, 1.165) is 12.5 Å². The number of esters is 1. The molecular formula is C27H21NO8. The van der Waals surface area contributed by atoms with Gasteiger partial charge in [0.25, 0.3) is 5.69 Å². The molecule has 0 radical (unpaired) electrons. The summed E-state index contributed by atoms with van der Waals surface area (Å²) in [5.41, 5.74) is 1.49. The SMILES string of the molecule is CCCc1cc2c(=O)c(-c3ccc4c(c3)OCCO4)coc2cc1OC(=O)c1cccc([N+](=O)[O-])c1. The van der Waals surface area contributed by atoms with Crippen LogP contribution in [0.5, 0.6) is 17.2 Å². The van der Waals surface area contributed by atoms with Crippen LogP contribution in [0.2, 0.25) is 0 Å². The Morgan fingerprint density at radius 3 is 2.64 bits per heavy atom. The van der Waals surface area contributed by atoms with Gasteiger partial charge < -0.3 is 18.6 Å². The quantitative estimate of drug-likeness (QED) is 0.155. The van der Waals surface area contributed by atoms with Crippen molar-refractivity contribution in [1.29, 1.82) is 0 Å². The standard InChI is InChI=1S/C27H21NO8/c1-2-4-17-12-20-24(14-23(17)36-27(30)18-5-3-6-19(11-18)28(31)32)35-15-21(26(20)29)16-7-8-22-25(13-16)34-10-9-33-22/h3,5-8,11-15H,2,4,9-10H2,1H3. The number of hydrogen-bond donors (Lipinski definition) is 0. The van der Waals surface area contributed by atoms with Crippen LogP contribution in [0.15, 0.2) is 70.1 Å². The first kappa shape index (κ1) is 23.1. The second kappa shape index (κ2) is 9.53. The Kier molecular flexibility index (Phi) is 6.12. The molecule has 36 heavy (non-hydrogen) atoms. The zero-order chi connectivity index (χ0) is 25.2. The van der Waals surface area contributed by atoms with Crippen molar-refractivity contribution in [3.8, 4) is 28.4 Å². The van der Waals surface area contributed by atoms with Crippen LogP contribution >= 0.6 is 0 Å². The highest BCUT2D eigenvalue weighted by Gasteiger charge is 2.19. The molecule has 1 aliphatic heterocycles. The van der Waals surface area contributed by atoms with Crippen molar-refractivity contribution >= 4 is 22.6 Å². The molecule has 0 N–H and O–H groups in total. The maximum atomic E-state index is 13.4. The molecule has 0 amide bonds. The molecule has 0 bridgehead atoms. The highest BCUT2D eigenvalue weighted by atomic mass is 16.6. The summed E-state index contributed by atoms with van der Waals surface area (Å²) in [6.45, 7) is 2.87. The largest absolute Gasteiger partial charge is 0.486 e. The molecule has 1 aromatic heterocycles. The van der Waals surface area contributed by atoms with Gasteiger partial charge in [-0.05, 0) is 41.8 Å². The first-order valence-corrected chi connectivity index (χ1v) is 11.4. The van der Waals surface area contributed by atoms with Crippen molar-refractivity contribution in [3.05, 3.63) is 92.3 Å². The second-order valence-corrected chi connectivity index (χ2v) is 8.24. The van der Waals surface area contributed by atoms with Gasteiger partial charge in [-0.2, -0.15) is 0 Å². The Hall–Kier alpha value is -4.66. The number of benzene rings is 3. The van der Waals surface area contributed by atoms with E-state index in [4.69, 9.17) is 18.6 Å². The van der Waals surface area contributed by atoms with Crippen LogP contribution < -0.4 is 19.6 Å². The summed E-state index contributed by atoms with van der Waals surface area (Å²) in [7, 11) is 0. The van der Waals surface area contributed by atoms with E-state index in [2.05, 4.69) is 0 Å². The summed E-state index contributed by atoms with van der Waals surface area (Å²) in [6, 6.07) is 13.8. The van der Waals surface area contributed by atoms with Gasteiger partial charge in [0.05, 0.1) is 21.4 Å². The van der Waals surface area contributed by atoms with Crippen LogP contribution in [-0.2, 0) is 6.42 Å². The highest BCUT2D eigenvalue weighted by Crippen LogP contribution is 2.35. The number of nitrogens with zero attached hydrogens (tertiary/aromatic N) is 1. The molecule has 9 nitrogen and oxygen atoms in total. The number of ether oxygens (including phenoxy) is 3. The van der Waals surface area contributed by atoms with Crippen molar-refractivity contribution in [2.24, 2.45) is 0 Å². The zero-order valence-corrected chi connectivity index (χ0v) is 19.3. The molecule has 0 saturated heterocycles. The fraction of sp³-hybridized carbons (Fsp3) is 0.185. The van der Waals surface area contributed by atoms with Crippen LogP contribution in [0, 0.1) is 10.1 Å². The molecule has 0 spiro atoms. The Bertz CT molecular complexity index is 1560. The number of nitro groups is 1. The molecule has 1 aliphatic rings. The van der Waals surface area contributed by atoms with Crippen LogP contribution in [-0.4, -0.2) is 24.1 Å². The van der Waals surface area contributed by atoms with Crippen LogP contribution in [0.25, 0.3) is 22.1 Å². The third-order valence-electron chi connectivity index (χ3n) is 5.82. The van der Waals surface area contributed by atoms with Crippen molar-refractivity contribution in [3.63, 3.8) is 0 Å². The maximum absolute atomic E-state index is 13.4. The van der Waals surface area contributed by atoms with E-state index in [1.165, 1.54) is 30.5 Å². The number of non-ortho nitro benzene ring substituents is 1. The van der Waals surface area contributed by atoms with Crippen LogP contribution in [0.3, 0.4) is 0 Å². The number of fused-ring (bicyclic) bond motifs is 2. The van der Waals surface area contributed by atoms with Crippen molar-refractivity contribution in [2.45, 2.75) is 19.8 Å². The van der Waals surface area contributed by atoms with E-state index in [0.29, 0.717) is 53.2 Å². The summed E-state index contributed by atoms with van der Waals surface area (Å²) in [6.07, 6.45) is 2.64. The molecule has 0 fully saturated rings. The Labute approximate surface area is 205 Å². The molecule has 5 rings (SSSR count). The van der Waals surface area contributed by atoms with Gasteiger partial charge in [-0.15, -0.1) is 0 Å². The van der Waals surface area contributed by atoms with Crippen LogP contribution in [0.1, 0.15) is 29.3 Å². The average Bonchev–Trinajstić information content (AvgIpc) is 2.89. The van der Waals surface area contributed by atoms with E-state index in [1.54, 1.807) is 24.3 Å². The summed E-state index contributed by atoms with van der Waals surface area (Å²) < 4.78 is 22.6. The number of rotatable bonds is 6. The molecule has 9 heteroatoms. The summed E-state index contributed by atoms with van der Waals surface area (Å²) in [5, 5.41) is 11.4. The fourth-order valence-electron chi connectivity index (χ4n) is 4.08. The van der Waals surface area contributed by atoms with E-state index in [-0.39, 0.29) is 28.0 Å². The number of carbonyl (C=O) groups excluding carboxylic acids is 1. The lowest BCUT2D eigenvalue weighted by Crippen LogP contribution is -2.15. The zero-order valence-electron chi connectivity index (χ0n) is 19.3. The Morgan fingerprint density at radius 2 is 1.86 bits per heavy atom. The van der Waals surface area contributed by atoms with Crippen molar-refractivity contribution in [1.82, 2.24) is 0 Å². The van der Waals surface area contributed by atoms with E-state index < -0.39 is 10.9 Å². The predicted molar refractivity (Wildman–Crippen MR) is 131 cm³/mol. The molecule has 2 heterocycles. The minimum absolute atomic E-state index is 0.0437. The first-order chi connectivity index (χ1) is 17.4. The minimum atomic E-state index is -0.745. The van der Waals surface area contributed by atoms with E-state index >= 15 is 0 Å². The smallest absolute Gasteiger partial charge is 0.343 e. The summed E-state index contributed by atoms with van der Waals surface area (Å²) >= 11 is 0. The molecule has 0 unspecified atom stereocenters. The number of aryl methyl sites for hydroxylation is 1. The van der Waals surface area contributed by atoms with Gasteiger partial charge in [-0.3, -0.25) is 14.9 Å². The van der Waals surface area contributed by atoms with Gasteiger partial charge in [0.2, 0.25) is 5.43 Å². The molecule has 0 aliphatic carbocycles. The predicted octanol–water partition coefficient (Wildman–Crippen LogP) is 5.31. The lowest BCUT2D eigenvalue weighted by Gasteiger charge is -2.18. The lowest BCUT2D eigenvalue weighted by atomic mass is 10.0. The third kappa shape index (κ3) is 4.38. The topological polar surface area (TPSA) is 118 Å². The monoisotopic (exact) mass is 487 g/mol. The van der Waals surface area contributed by atoms with Crippen LogP contribution in [0.4, 0.5) is 5.69 Å². The maximum Gasteiger partial charge on any atom is 0.343 e. The van der Waals surface area contributed by atoms with Crippen molar-refractivity contribution in [2.75, 3.05) is 13.2 Å². The summed E-state index contributed by atoms with van der Waals surface area (Å²) in [5.74, 6) is 0.672. The Balaban J connectivity index is 1.53. The molecule has 3 aromatic carbocycles. The average molecular weight is 487 g/mol. The highest BCUT2D eigenvalue weighted by molar-refractivity contribution is 5.93. The molecular weight excluding hydrogens is 466 g/mol. The normalized spacial score (nSPS) is 12.4. The fourth-order valence-corrected chi connectivity index (χ4v) is 4.08. The van der Waals surface area contributed by atoms with Gasteiger partial charge in [0.1, 0.15) is 30.8 Å². The van der Waals surface area contributed by atoms with E-state index in [1.807, 2.05) is 6.92 Å². The van der Waals surface area contributed by atoms with Gasteiger partial charge in [0, 0.05) is 18.2 Å². The van der Waals surface area contributed by atoms with E-state index in [9.17, 15) is 19.7 Å². The number of hydrogen-bond acceptors (Lipinski definition) is 8. The molecule has 0 atom stereocenters. The van der Waals surface area contributed by atoms with Gasteiger partial charge in [-0.1, -0.05) is 25.5 Å². The number of carbonyl (C=O) groups is 1. The third-order valence-corrected chi connectivity index (χ3v) is 5.82. The molecule has 4 aromatic rings. The molecule has 182 valence electrons. The van der Waals surface area contributed by atoms with Gasteiger partial charge in [0.15, 0.2) is 11.5 Å². The van der Waals surface area contributed by atoms with Gasteiger partial charge in [-0.25, -0.2) is 4.79 Å². The lowest BCUT2D eigenvalue weighted by molar-refractivity contribution is -0.384. The summed E-state index contributed by atoms with van der Waals surface area (Å²) in [4.78, 5) is 36.6. The number of nitro benzene ring substituents is 1. The first-order valence-electron chi connectivity index (χ1n) is 11.4. The van der Waals surface area contributed by atoms with Gasteiger partial charge >= 0.3 is 5.97 Å². The second-order valence-electron chi connectivity index (χ2n) is 8.24. The minimum Gasteiger partial charge on any atom is -0.486 e. The molecule has 0 saturated carbocycles.